The van der Waals surface area contributed by atoms with Crippen molar-refractivity contribution in [1.29, 1.82) is 5.41 Å². The molecule has 1 atom stereocenters. The third kappa shape index (κ3) is 6.62. The number of benzene rings is 1. The normalized spacial score (nSPS) is 18.0. The molecule has 2 fully saturated rings. The molecule has 3 rings (SSSR count). The van der Waals surface area contributed by atoms with E-state index < -0.39 is 29.2 Å². The van der Waals surface area contributed by atoms with Crippen molar-refractivity contribution in [3.05, 3.63) is 35.1 Å². The zero-order valence-electron chi connectivity index (χ0n) is 21.6. The summed E-state index contributed by atoms with van der Waals surface area (Å²) in [4.78, 5) is 41.0. The van der Waals surface area contributed by atoms with Gasteiger partial charge in [-0.2, -0.15) is 0 Å². The lowest BCUT2D eigenvalue weighted by molar-refractivity contribution is -0.140. The van der Waals surface area contributed by atoms with Gasteiger partial charge in [0.25, 0.3) is 5.91 Å². The van der Waals surface area contributed by atoms with Gasteiger partial charge in [0.15, 0.2) is 0 Å². The van der Waals surface area contributed by atoms with Crippen molar-refractivity contribution in [2.75, 3.05) is 26.2 Å². The molecular formula is C27H39FN4O4. The van der Waals surface area contributed by atoms with Crippen molar-refractivity contribution in [1.82, 2.24) is 15.1 Å². The fraction of sp³-hybridized carbons (Fsp3) is 0.630. The molecule has 1 aromatic rings. The van der Waals surface area contributed by atoms with Crippen LogP contribution in [-0.4, -0.2) is 70.2 Å². The van der Waals surface area contributed by atoms with E-state index in [0.717, 1.165) is 32.4 Å². The smallest absolute Gasteiger partial charge is 0.303 e. The lowest BCUT2D eigenvalue weighted by Gasteiger charge is -2.39. The monoisotopic (exact) mass is 502 g/mol. The van der Waals surface area contributed by atoms with Crippen LogP contribution < -0.4 is 5.32 Å². The maximum atomic E-state index is 15.0. The number of carbonyl (C=O) groups is 3. The minimum absolute atomic E-state index is 0.0710. The quantitative estimate of drug-likeness (QED) is 0.369. The molecule has 0 radical (unpaired) electrons. The molecular weight excluding hydrogens is 463 g/mol. The predicted octanol–water partition coefficient (Wildman–Crippen LogP) is 3.88. The number of carboxylic acids is 1. The van der Waals surface area contributed by atoms with E-state index in [4.69, 9.17) is 10.5 Å². The Balaban J connectivity index is 1.65. The van der Waals surface area contributed by atoms with Crippen molar-refractivity contribution in [3.8, 4) is 0 Å². The second kappa shape index (κ2) is 11.8. The number of hydrogen-bond acceptors (Lipinski definition) is 4. The van der Waals surface area contributed by atoms with Gasteiger partial charge in [-0.3, -0.25) is 19.8 Å². The minimum atomic E-state index is -0.924. The molecule has 0 saturated carbocycles. The summed E-state index contributed by atoms with van der Waals surface area (Å²) in [7, 11) is 0. The Hall–Kier alpha value is -2.97. The zero-order valence-corrected chi connectivity index (χ0v) is 21.6. The molecule has 0 aromatic heterocycles. The molecule has 2 heterocycles. The zero-order chi connectivity index (χ0) is 26.5. The number of aliphatic carboxylic acids is 1. The summed E-state index contributed by atoms with van der Waals surface area (Å²) in [5, 5.41) is 20.3. The van der Waals surface area contributed by atoms with E-state index in [1.54, 1.807) is 24.8 Å². The van der Waals surface area contributed by atoms with Gasteiger partial charge in [0.05, 0.1) is 11.5 Å². The van der Waals surface area contributed by atoms with Crippen LogP contribution in [0.4, 0.5) is 4.39 Å². The fourth-order valence-electron chi connectivity index (χ4n) is 5.41. The number of likely N-dealkylation sites (tertiary alicyclic amines) is 2. The molecule has 9 heteroatoms. The molecule has 0 spiro atoms. The SMILES string of the molecule is CCC(C(=O)N1CCC(CC(=O)O)CC1)C(C)(C)NC(=O)c1ccc(C(=N)N2CCCCC2)cc1F. The Morgan fingerprint density at radius 1 is 1.11 bits per heavy atom. The average Bonchev–Trinajstić information content (AvgIpc) is 2.84. The Morgan fingerprint density at radius 3 is 2.31 bits per heavy atom. The van der Waals surface area contributed by atoms with Crippen LogP contribution in [0.2, 0.25) is 0 Å². The molecule has 36 heavy (non-hydrogen) atoms. The summed E-state index contributed by atoms with van der Waals surface area (Å²) in [5.74, 6) is -2.36. The number of amides is 2. The van der Waals surface area contributed by atoms with Crippen LogP contribution in [0.5, 0.6) is 0 Å². The van der Waals surface area contributed by atoms with Crippen LogP contribution in [0.25, 0.3) is 0 Å². The van der Waals surface area contributed by atoms with Gasteiger partial charge in [-0.15, -0.1) is 0 Å². The molecule has 2 aliphatic heterocycles. The molecule has 198 valence electrons. The Bertz CT molecular complexity index is 982. The number of carbonyl (C=O) groups excluding carboxylic acids is 2. The van der Waals surface area contributed by atoms with E-state index in [2.05, 4.69) is 5.32 Å². The van der Waals surface area contributed by atoms with Gasteiger partial charge in [-0.05, 0) is 70.4 Å². The van der Waals surface area contributed by atoms with E-state index in [1.165, 1.54) is 12.1 Å². The highest BCUT2D eigenvalue weighted by molar-refractivity contribution is 5.99. The number of amidine groups is 1. The molecule has 0 aliphatic carbocycles. The minimum Gasteiger partial charge on any atom is -0.481 e. The molecule has 2 amide bonds. The lowest BCUT2D eigenvalue weighted by Crippen LogP contribution is -2.55. The van der Waals surface area contributed by atoms with Crippen LogP contribution in [0.15, 0.2) is 18.2 Å². The third-order valence-corrected chi connectivity index (χ3v) is 7.56. The lowest BCUT2D eigenvalue weighted by atomic mass is 9.82. The first-order valence-electron chi connectivity index (χ1n) is 13.0. The van der Waals surface area contributed by atoms with Crippen LogP contribution in [0.1, 0.15) is 81.6 Å². The molecule has 2 saturated heterocycles. The largest absolute Gasteiger partial charge is 0.481 e. The molecule has 0 bridgehead atoms. The second-order valence-electron chi connectivity index (χ2n) is 10.6. The van der Waals surface area contributed by atoms with Crippen molar-refractivity contribution in [3.63, 3.8) is 0 Å². The van der Waals surface area contributed by atoms with Gasteiger partial charge in [0.1, 0.15) is 11.7 Å². The van der Waals surface area contributed by atoms with E-state index in [-0.39, 0.29) is 29.6 Å². The van der Waals surface area contributed by atoms with E-state index >= 15 is 0 Å². The highest BCUT2D eigenvalue weighted by atomic mass is 19.1. The van der Waals surface area contributed by atoms with E-state index in [1.807, 2.05) is 11.8 Å². The topological polar surface area (TPSA) is 114 Å². The van der Waals surface area contributed by atoms with Crippen LogP contribution in [-0.2, 0) is 9.59 Å². The number of carboxylic acid groups (broad SMARTS) is 1. The van der Waals surface area contributed by atoms with Gasteiger partial charge in [-0.25, -0.2) is 4.39 Å². The second-order valence-corrected chi connectivity index (χ2v) is 10.6. The predicted molar refractivity (Wildman–Crippen MR) is 136 cm³/mol. The molecule has 3 N–H and O–H groups in total. The van der Waals surface area contributed by atoms with Gasteiger partial charge in [0.2, 0.25) is 5.91 Å². The Labute approximate surface area is 212 Å². The number of rotatable bonds is 8. The molecule has 8 nitrogen and oxygen atoms in total. The summed E-state index contributed by atoms with van der Waals surface area (Å²) in [6, 6.07) is 4.25. The fourth-order valence-corrected chi connectivity index (χ4v) is 5.41. The van der Waals surface area contributed by atoms with E-state index in [9.17, 15) is 18.8 Å². The summed E-state index contributed by atoms with van der Waals surface area (Å²) in [6.07, 6.45) is 5.06. The van der Waals surface area contributed by atoms with Crippen molar-refractivity contribution < 1.29 is 23.9 Å². The van der Waals surface area contributed by atoms with Gasteiger partial charge in [-0.1, -0.05) is 13.0 Å². The number of hydrogen-bond donors (Lipinski definition) is 3. The number of nitrogens with one attached hydrogen (secondary N) is 2. The number of piperidine rings is 2. The van der Waals surface area contributed by atoms with Gasteiger partial charge >= 0.3 is 5.97 Å². The third-order valence-electron chi connectivity index (χ3n) is 7.56. The Morgan fingerprint density at radius 2 is 1.75 bits per heavy atom. The van der Waals surface area contributed by atoms with Crippen molar-refractivity contribution >= 4 is 23.6 Å². The first-order valence-corrected chi connectivity index (χ1v) is 13.0. The van der Waals surface area contributed by atoms with E-state index in [0.29, 0.717) is 37.9 Å². The van der Waals surface area contributed by atoms with Crippen molar-refractivity contribution in [2.45, 2.75) is 71.3 Å². The summed E-state index contributed by atoms with van der Waals surface area (Å²) in [5.41, 5.74) is -0.597. The summed E-state index contributed by atoms with van der Waals surface area (Å²) < 4.78 is 15.0. The van der Waals surface area contributed by atoms with Crippen LogP contribution in [0, 0.1) is 23.1 Å². The molecule has 1 unspecified atom stereocenters. The van der Waals surface area contributed by atoms with Crippen LogP contribution >= 0.6 is 0 Å². The maximum absolute atomic E-state index is 15.0. The highest BCUT2D eigenvalue weighted by Gasteiger charge is 2.39. The molecule has 1 aromatic carbocycles. The van der Waals surface area contributed by atoms with Gasteiger partial charge < -0.3 is 20.2 Å². The first-order chi connectivity index (χ1) is 17.0. The van der Waals surface area contributed by atoms with Crippen LogP contribution in [0.3, 0.4) is 0 Å². The highest BCUT2D eigenvalue weighted by Crippen LogP contribution is 2.28. The standard InChI is InChI=1S/C27H39FN4O4/c1-4-21(26(36)32-14-10-18(11-15-32)16-23(33)34)27(2,3)30-25(35)20-9-8-19(17-22(20)28)24(29)31-12-6-5-7-13-31/h8-9,17-18,21,29H,4-7,10-16H2,1-3H3,(H,30,35)(H,33,34). The number of halogens is 1. The Kier molecular flexibility index (Phi) is 9.08. The van der Waals surface area contributed by atoms with Gasteiger partial charge in [0, 0.05) is 43.7 Å². The molecule has 2 aliphatic rings. The average molecular weight is 503 g/mol. The number of nitrogens with zero attached hydrogens (tertiary/aromatic N) is 2. The summed E-state index contributed by atoms with van der Waals surface area (Å²) >= 11 is 0. The van der Waals surface area contributed by atoms with Crippen molar-refractivity contribution in [2.24, 2.45) is 11.8 Å². The first kappa shape index (κ1) is 27.6. The summed E-state index contributed by atoms with van der Waals surface area (Å²) in [6.45, 7) is 7.97. The maximum Gasteiger partial charge on any atom is 0.303 e.